The largest absolute Gasteiger partial charge is 0.373 e. The number of rotatable bonds is 7. The summed E-state index contributed by atoms with van der Waals surface area (Å²) in [5, 5.41) is 2.86. The standard InChI is InChI=1S/C14H21N3O2S/c1-15-14-8-12(6-7-16-14)20(18,19)17-9-13(10-2-3-10)11-4-5-11/h6-8,10-11,13,17H,2-5,9H2,1H3,(H,15,16). The molecule has 0 radical (unpaired) electrons. The van der Waals surface area contributed by atoms with E-state index in [1.165, 1.54) is 37.9 Å². The predicted molar refractivity (Wildman–Crippen MR) is 77.9 cm³/mol. The van der Waals surface area contributed by atoms with E-state index in [0.29, 0.717) is 18.3 Å². The SMILES string of the molecule is CNc1cc(S(=O)(=O)NCC(C2CC2)C2CC2)ccn1. The third kappa shape index (κ3) is 3.12. The van der Waals surface area contributed by atoms with Gasteiger partial charge in [0.05, 0.1) is 4.90 Å². The first-order valence-electron chi connectivity index (χ1n) is 7.23. The van der Waals surface area contributed by atoms with Crippen molar-refractivity contribution in [3.05, 3.63) is 18.3 Å². The second-order valence-electron chi connectivity index (χ2n) is 5.82. The van der Waals surface area contributed by atoms with Gasteiger partial charge in [0.25, 0.3) is 0 Å². The minimum absolute atomic E-state index is 0.280. The van der Waals surface area contributed by atoms with Crippen molar-refractivity contribution >= 4 is 15.8 Å². The Bertz CT molecular complexity index is 568. The molecule has 0 aromatic carbocycles. The second kappa shape index (κ2) is 5.33. The highest BCUT2D eigenvalue weighted by Crippen LogP contribution is 2.48. The van der Waals surface area contributed by atoms with E-state index in [-0.39, 0.29) is 4.90 Å². The van der Waals surface area contributed by atoms with Crippen LogP contribution in [-0.4, -0.2) is 27.0 Å². The van der Waals surface area contributed by atoms with E-state index in [4.69, 9.17) is 0 Å². The zero-order chi connectivity index (χ0) is 14.2. The number of hydrogen-bond acceptors (Lipinski definition) is 4. The Morgan fingerprint density at radius 3 is 2.50 bits per heavy atom. The van der Waals surface area contributed by atoms with Gasteiger partial charge in [-0.05, 0) is 49.5 Å². The van der Waals surface area contributed by atoms with Crippen LogP contribution in [0.1, 0.15) is 25.7 Å². The van der Waals surface area contributed by atoms with Gasteiger partial charge in [-0.15, -0.1) is 0 Å². The molecule has 0 unspecified atom stereocenters. The lowest BCUT2D eigenvalue weighted by atomic mass is 9.99. The average molecular weight is 295 g/mol. The normalized spacial score (nSPS) is 19.3. The Morgan fingerprint density at radius 1 is 1.30 bits per heavy atom. The van der Waals surface area contributed by atoms with E-state index in [9.17, 15) is 8.42 Å². The maximum Gasteiger partial charge on any atom is 0.240 e. The molecule has 5 nitrogen and oxygen atoms in total. The van der Waals surface area contributed by atoms with Gasteiger partial charge in [0.1, 0.15) is 5.82 Å². The molecule has 0 bridgehead atoms. The van der Waals surface area contributed by atoms with Gasteiger partial charge in [0.2, 0.25) is 10.0 Å². The van der Waals surface area contributed by atoms with Crippen molar-refractivity contribution in [3.8, 4) is 0 Å². The molecule has 2 aliphatic rings. The number of sulfonamides is 1. The van der Waals surface area contributed by atoms with E-state index in [0.717, 1.165) is 11.8 Å². The van der Waals surface area contributed by atoms with Gasteiger partial charge in [-0.2, -0.15) is 0 Å². The summed E-state index contributed by atoms with van der Waals surface area (Å²) in [5.41, 5.74) is 0. The monoisotopic (exact) mass is 295 g/mol. The highest BCUT2D eigenvalue weighted by atomic mass is 32.2. The number of nitrogens with zero attached hydrogens (tertiary/aromatic N) is 1. The summed E-state index contributed by atoms with van der Waals surface area (Å²) in [6, 6.07) is 3.10. The molecular formula is C14H21N3O2S. The Morgan fingerprint density at radius 2 is 1.95 bits per heavy atom. The summed E-state index contributed by atoms with van der Waals surface area (Å²) in [7, 11) is -1.70. The lowest BCUT2D eigenvalue weighted by Gasteiger charge is -2.16. The molecule has 2 aliphatic carbocycles. The van der Waals surface area contributed by atoms with Crippen LogP contribution >= 0.6 is 0 Å². The highest BCUT2D eigenvalue weighted by Gasteiger charge is 2.41. The molecule has 20 heavy (non-hydrogen) atoms. The molecule has 110 valence electrons. The van der Waals surface area contributed by atoms with Crippen LogP contribution in [0.15, 0.2) is 23.2 Å². The molecule has 2 fully saturated rings. The van der Waals surface area contributed by atoms with Gasteiger partial charge < -0.3 is 5.32 Å². The molecule has 0 spiro atoms. The van der Waals surface area contributed by atoms with Crippen LogP contribution < -0.4 is 10.0 Å². The first kappa shape index (κ1) is 13.8. The number of nitrogens with one attached hydrogen (secondary N) is 2. The van der Waals surface area contributed by atoms with Crippen LogP contribution in [0.5, 0.6) is 0 Å². The Kier molecular flexibility index (Phi) is 3.69. The Labute approximate surface area is 120 Å². The van der Waals surface area contributed by atoms with E-state index in [1.54, 1.807) is 13.1 Å². The van der Waals surface area contributed by atoms with Gasteiger partial charge in [-0.25, -0.2) is 18.1 Å². The first-order valence-corrected chi connectivity index (χ1v) is 8.72. The highest BCUT2D eigenvalue weighted by molar-refractivity contribution is 7.89. The van der Waals surface area contributed by atoms with Crippen LogP contribution in [0, 0.1) is 17.8 Å². The Hall–Kier alpha value is -1.14. The van der Waals surface area contributed by atoms with Crippen molar-refractivity contribution in [1.29, 1.82) is 0 Å². The fourth-order valence-electron chi connectivity index (χ4n) is 2.77. The average Bonchev–Trinajstić information content (AvgIpc) is 3.32. The van der Waals surface area contributed by atoms with Crippen LogP contribution in [0.25, 0.3) is 0 Å². The molecular weight excluding hydrogens is 274 g/mol. The summed E-state index contributed by atoms with van der Waals surface area (Å²) >= 11 is 0. The fourth-order valence-corrected chi connectivity index (χ4v) is 3.86. The maximum atomic E-state index is 12.3. The minimum atomic E-state index is -3.43. The maximum absolute atomic E-state index is 12.3. The molecule has 3 rings (SSSR count). The van der Waals surface area contributed by atoms with Crippen molar-refractivity contribution in [2.24, 2.45) is 17.8 Å². The van der Waals surface area contributed by atoms with Crippen molar-refractivity contribution in [2.45, 2.75) is 30.6 Å². The van der Waals surface area contributed by atoms with Crippen LogP contribution in [0.4, 0.5) is 5.82 Å². The molecule has 1 aromatic heterocycles. The van der Waals surface area contributed by atoms with Crippen molar-refractivity contribution in [2.75, 3.05) is 18.9 Å². The smallest absolute Gasteiger partial charge is 0.240 e. The molecule has 2 N–H and O–H groups in total. The van der Waals surface area contributed by atoms with Crippen LogP contribution in [0.2, 0.25) is 0 Å². The lowest BCUT2D eigenvalue weighted by molar-refractivity contribution is 0.401. The van der Waals surface area contributed by atoms with E-state index in [1.807, 2.05) is 0 Å². The summed E-state index contributed by atoms with van der Waals surface area (Å²) in [5.74, 6) is 2.59. The summed E-state index contributed by atoms with van der Waals surface area (Å²) in [4.78, 5) is 4.32. The van der Waals surface area contributed by atoms with E-state index in [2.05, 4.69) is 15.0 Å². The third-order valence-corrected chi connectivity index (χ3v) is 5.68. The second-order valence-corrected chi connectivity index (χ2v) is 7.58. The van der Waals surface area contributed by atoms with Gasteiger partial charge in [0.15, 0.2) is 0 Å². The summed E-state index contributed by atoms with van der Waals surface area (Å²) < 4.78 is 27.4. The summed E-state index contributed by atoms with van der Waals surface area (Å²) in [6.45, 7) is 0.578. The topological polar surface area (TPSA) is 71.1 Å². The van der Waals surface area contributed by atoms with Crippen LogP contribution in [-0.2, 0) is 10.0 Å². The first-order chi connectivity index (χ1) is 9.60. The quantitative estimate of drug-likeness (QED) is 0.805. The van der Waals surface area contributed by atoms with E-state index < -0.39 is 10.0 Å². The molecule has 0 amide bonds. The number of hydrogen-bond donors (Lipinski definition) is 2. The molecule has 0 saturated heterocycles. The minimum Gasteiger partial charge on any atom is -0.373 e. The zero-order valence-electron chi connectivity index (χ0n) is 11.7. The zero-order valence-corrected chi connectivity index (χ0v) is 12.5. The van der Waals surface area contributed by atoms with Gasteiger partial charge in [0, 0.05) is 25.9 Å². The Balaban J connectivity index is 1.67. The number of anilines is 1. The molecule has 0 atom stereocenters. The predicted octanol–water partition coefficient (Wildman–Crippen LogP) is 1.84. The molecule has 6 heteroatoms. The van der Waals surface area contributed by atoms with Gasteiger partial charge in [-0.1, -0.05) is 0 Å². The third-order valence-electron chi connectivity index (χ3n) is 4.26. The molecule has 0 aliphatic heterocycles. The summed E-state index contributed by atoms with van der Waals surface area (Å²) in [6.07, 6.45) is 6.58. The molecule has 2 saturated carbocycles. The number of pyridine rings is 1. The van der Waals surface area contributed by atoms with Crippen molar-refractivity contribution < 1.29 is 8.42 Å². The van der Waals surface area contributed by atoms with Gasteiger partial charge >= 0.3 is 0 Å². The van der Waals surface area contributed by atoms with Crippen LogP contribution in [0.3, 0.4) is 0 Å². The van der Waals surface area contributed by atoms with Crippen molar-refractivity contribution in [3.63, 3.8) is 0 Å². The lowest BCUT2D eigenvalue weighted by Crippen LogP contribution is -2.31. The van der Waals surface area contributed by atoms with Crippen molar-refractivity contribution in [1.82, 2.24) is 9.71 Å². The van der Waals surface area contributed by atoms with Gasteiger partial charge in [-0.3, -0.25) is 0 Å². The fraction of sp³-hybridized carbons (Fsp3) is 0.643. The molecule has 1 heterocycles. The number of aromatic nitrogens is 1. The molecule has 1 aromatic rings. The van der Waals surface area contributed by atoms with E-state index >= 15 is 0 Å².